The Kier molecular flexibility index (Phi) is 4.81. The van der Waals surface area contributed by atoms with Gasteiger partial charge in [0.05, 0.1) is 6.10 Å². The van der Waals surface area contributed by atoms with E-state index in [9.17, 15) is 0 Å². The molecule has 2 unspecified atom stereocenters. The molecule has 0 radical (unpaired) electrons. The summed E-state index contributed by atoms with van der Waals surface area (Å²) in [4.78, 5) is 15.0. The molecular formula is C12H21N5OS. The number of ether oxygens (including phenoxy) is 1. The molecule has 1 fully saturated rings. The van der Waals surface area contributed by atoms with Gasteiger partial charge in [-0.15, -0.1) is 0 Å². The molecule has 2 N–H and O–H groups in total. The van der Waals surface area contributed by atoms with Crippen LogP contribution in [-0.4, -0.2) is 46.0 Å². The van der Waals surface area contributed by atoms with Crippen molar-refractivity contribution in [1.82, 2.24) is 15.0 Å². The van der Waals surface area contributed by atoms with Crippen molar-refractivity contribution in [3.8, 4) is 0 Å². The van der Waals surface area contributed by atoms with Gasteiger partial charge in [0.15, 0.2) is 5.16 Å². The maximum Gasteiger partial charge on any atom is 0.231 e. The standard InChI is InChI=1S/C12H21N5OS/c1-4-17(5-2)11-14-10(13)15-12(16-11)19-9-6-7-18-8(9)3/h8-9H,4-7H2,1-3H3,(H2,13,14,15,16). The molecule has 0 aliphatic carbocycles. The molecular weight excluding hydrogens is 262 g/mol. The van der Waals surface area contributed by atoms with E-state index in [1.807, 2.05) is 0 Å². The Morgan fingerprint density at radius 3 is 2.63 bits per heavy atom. The molecule has 2 heterocycles. The van der Waals surface area contributed by atoms with E-state index in [2.05, 4.69) is 40.6 Å². The molecule has 0 amide bonds. The lowest BCUT2D eigenvalue weighted by atomic mass is 10.3. The zero-order valence-corrected chi connectivity index (χ0v) is 12.5. The van der Waals surface area contributed by atoms with Gasteiger partial charge in [0, 0.05) is 24.9 Å². The smallest absolute Gasteiger partial charge is 0.231 e. The van der Waals surface area contributed by atoms with Gasteiger partial charge < -0.3 is 15.4 Å². The first kappa shape index (κ1) is 14.3. The van der Waals surface area contributed by atoms with E-state index in [-0.39, 0.29) is 12.1 Å². The molecule has 1 saturated heterocycles. The number of rotatable bonds is 5. The van der Waals surface area contributed by atoms with Crippen LogP contribution in [0.25, 0.3) is 0 Å². The highest BCUT2D eigenvalue weighted by Gasteiger charge is 2.26. The number of aromatic nitrogens is 3. The number of anilines is 2. The summed E-state index contributed by atoms with van der Waals surface area (Å²) in [7, 11) is 0. The molecule has 1 aromatic rings. The molecule has 0 bridgehead atoms. The molecule has 1 aliphatic heterocycles. The van der Waals surface area contributed by atoms with Gasteiger partial charge in [-0.05, 0) is 27.2 Å². The van der Waals surface area contributed by atoms with Crippen LogP contribution in [0.15, 0.2) is 5.16 Å². The van der Waals surface area contributed by atoms with Crippen LogP contribution in [0.5, 0.6) is 0 Å². The number of nitrogen functional groups attached to an aromatic ring is 1. The number of nitrogens with zero attached hydrogens (tertiary/aromatic N) is 4. The second-order valence-corrected chi connectivity index (χ2v) is 5.68. The van der Waals surface area contributed by atoms with Crippen molar-refractivity contribution in [2.45, 2.75) is 43.7 Å². The number of hydrogen-bond acceptors (Lipinski definition) is 7. The molecule has 2 rings (SSSR count). The van der Waals surface area contributed by atoms with Gasteiger partial charge in [0.1, 0.15) is 0 Å². The summed E-state index contributed by atoms with van der Waals surface area (Å²) in [6, 6.07) is 0. The van der Waals surface area contributed by atoms with E-state index in [0.717, 1.165) is 26.1 Å². The highest BCUT2D eigenvalue weighted by Crippen LogP contribution is 2.31. The summed E-state index contributed by atoms with van der Waals surface area (Å²) in [5.41, 5.74) is 5.78. The largest absolute Gasteiger partial charge is 0.377 e. The van der Waals surface area contributed by atoms with Gasteiger partial charge in [-0.2, -0.15) is 15.0 Å². The van der Waals surface area contributed by atoms with Crippen molar-refractivity contribution in [2.24, 2.45) is 0 Å². The highest BCUT2D eigenvalue weighted by atomic mass is 32.2. The average molecular weight is 283 g/mol. The number of nitrogens with two attached hydrogens (primary N) is 1. The zero-order valence-electron chi connectivity index (χ0n) is 11.7. The third-order valence-electron chi connectivity index (χ3n) is 3.23. The van der Waals surface area contributed by atoms with Crippen LogP contribution in [-0.2, 0) is 4.74 Å². The van der Waals surface area contributed by atoms with Gasteiger partial charge in [-0.25, -0.2) is 0 Å². The molecule has 19 heavy (non-hydrogen) atoms. The topological polar surface area (TPSA) is 77.2 Å². The average Bonchev–Trinajstić information content (AvgIpc) is 2.76. The van der Waals surface area contributed by atoms with Gasteiger partial charge in [-0.1, -0.05) is 11.8 Å². The fourth-order valence-electron chi connectivity index (χ4n) is 2.06. The van der Waals surface area contributed by atoms with Crippen LogP contribution in [0.2, 0.25) is 0 Å². The van der Waals surface area contributed by atoms with Crippen LogP contribution in [0.3, 0.4) is 0 Å². The first-order valence-corrected chi connectivity index (χ1v) is 7.56. The van der Waals surface area contributed by atoms with E-state index in [4.69, 9.17) is 10.5 Å². The monoisotopic (exact) mass is 283 g/mol. The lowest BCUT2D eigenvalue weighted by Crippen LogP contribution is -2.25. The Balaban J connectivity index is 2.16. The second-order valence-electron chi connectivity index (χ2n) is 4.47. The highest BCUT2D eigenvalue weighted by molar-refractivity contribution is 7.99. The van der Waals surface area contributed by atoms with E-state index in [0.29, 0.717) is 16.4 Å². The first-order valence-electron chi connectivity index (χ1n) is 6.68. The van der Waals surface area contributed by atoms with E-state index in [1.54, 1.807) is 11.8 Å². The van der Waals surface area contributed by atoms with Crippen LogP contribution >= 0.6 is 11.8 Å². The predicted molar refractivity (Wildman–Crippen MR) is 77.5 cm³/mol. The zero-order chi connectivity index (χ0) is 13.8. The van der Waals surface area contributed by atoms with Crippen molar-refractivity contribution < 1.29 is 4.74 Å². The second kappa shape index (κ2) is 6.38. The fourth-order valence-corrected chi connectivity index (χ4v) is 3.10. The Morgan fingerprint density at radius 2 is 2.05 bits per heavy atom. The quantitative estimate of drug-likeness (QED) is 0.878. The van der Waals surface area contributed by atoms with Crippen molar-refractivity contribution in [3.05, 3.63) is 0 Å². The van der Waals surface area contributed by atoms with E-state index < -0.39 is 0 Å². The van der Waals surface area contributed by atoms with Crippen LogP contribution < -0.4 is 10.6 Å². The molecule has 2 atom stereocenters. The molecule has 1 aliphatic rings. The van der Waals surface area contributed by atoms with Gasteiger partial charge in [-0.3, -0.25) is 0 Å². The van der Waals surface area contributed by atoms with Crippen molar-refractivity contribution >= 4 is 23.7 Å². The molecule has 0 spiro atoms. The van der Waals surface area contributed by atoms with Crippen LogP contribution in [0, 0.1) is 0 Å². The molecule has 1 aromatic heterocycles. The van der Waals surface area contributed by atoms with Gasteiger partial charge in [0.2, 0.25) is 11.9 Å². The number of thioether (sulfide) groups is 1. The van der Waals surface area contributed by atoms with Crippen LogP contribution in [0.4, 0.5) is 11.9 Å². The Bertz CT molecular complexity index is 427. The normalized spacial score (nSPS) is 22.7. The lowest BCUT2D eigenvalue weighted by molar-refractivity contribution is 0.127. The predicted octanol–water partition coefficient (Wildman–Crippen LogP) is 1.57. The number of hydrogen-bond donors (Lipinski definition) is 1. The molecule has 0 aromatic carbocycles. The van der Waals surface area contributed by atoms with Crippen LogP contribution in [0.1, 0.15) is 27.2 Å². The fraction of sp³-hybridized carbons (Fsp3) is 0.750. The minimum atomic E-state index is 0.236. The summed E-state index contributed by atoms with van der Waals surface area (Å²) >= 11 is 1.63. The minimum Gasteiger partial charge on any atom is -0.377 e. The Labute approximate surface area is 118 Å². The van der Waals surface area contributed by atoms with E-state index >= 15 is 0 Å². The third-order valence-corrected chi connectivity index (χ3v) is 4.55. The van der Waals surface area contributed by atoms with Crippen molar-refractivity contribution in [3.63, 3.8) is 0 Å². The summed E-state index contributed by atoms with van der Waals surface area (Å²) in [6.45, 7) is 8.75. The van der Waals surface area contributed by atoms with E-state index in [1.165, 1.54) is 0 Å². The first-order chi connectivity index (χ1) is 9.13. The summed E-state index contributed by atoms with van der Waals surface area (Å²) < 4.78 is 5.55. The summed E-state index contributed by atoms with van der Waals surface area (Å²) in [6.07, 6.45) is 1.26. The SMILES string of the molecule is CCN(CC)c1nc(N)nc(SC2CCOC2C)n1. The molecule has 6 nitrogen and oxygen atoms in total. The third kappa shape index (κ3) is 3.48. The molecule has 0 saturated carbocycles. The van der Waals surface area contributed by atoms with Gasteiger partial charge in [0.25, 0.3) is 0 Å². The molecule has 7 heteroatoms. The van der Waals surface area contributed by atoms with Crippen molar-refractivity contribution in [1.29, 1.82) is 0 Å². The lowest BCUT2D eigenvalue weighted by Gasteiger charge is -2.19. The summed E-state index contributed by atoms with van der Waals surface area (Å²) in [5.74, 6) is 0.942. The van der Waals surface area contributed by atoms with Gasteiger partial charge >= 0.3 is 0 Å². The summed E-state index contributed by atoms with van der Waals surface area (Å²) in [5, 5.41) is 1.09. The Morgan fingerprint density at radius 1 is 1.32 bits per heavy atom. The maximum absolute atomic E-state index is 5.78. The Hall–Kier alpha value is -1.08. The molecule has 106 valence electrons. The van der Waals surface area contributed by atoms with Crippen molar-refractivity contribution in [2.75, 3.05) is 30.3 Å². The maximum atomic E-state index is 5.78. The minimum absolute atomic E-state index is 0.236.